The molecule has 0 fully saturated rings. The number of anilines is 1. The Bertz CT molecular complexity index is 338. The zero-order valence-electron chi connectivity index (χ0n) is 11.0. The van der Waals surface area contributed by atoms with Crippen molar-refractivity contribution >= 4 is 14.0 Å². The minimum Gasteiger partial charge on any atom is -0.413 e. The Morgan fingerprint density at radius 1 is 1.12 bits per heavy atom. The summed E-state index contributed by atoms with van der Waals surface area (Å²) in [5, 5.41) is 0.265. The normalized spacial score (nSPS) is 12.8. The van der Waals surface area contributed by atoms with Crippen LogP contribution in [-0.4, -0.2) is 8.32 Å². The van der Waals surface area contributed by atoms with Crippen molar-refractivity contribution in [2.45, 2.75) is 45.5 Å². The maximum atomic E-state index is 6.12. The van der Waals surface area contributed by atoms with E-state index in [-0.39, 0.29) is 5.04 Å². The van der Waals surface area contributed by atoms with Gasteiger partial charge in [-0.2, -0.15) is 0 Å². The highest BCUT2D eigenvalue weighted by Gasteiger charge is 2.36. The van der Waals surface area contributed by atoms with Crippen molar-refractivity contribution in [2.24, 2.45) is 0 Å². The molecule has 1 rings (SSSR count). The molecule has 0 radical (unpaired) electrons. The van der Waals surface area contributed by atoms with Gasteiger partial charge in [0.1, 0.15) is 0 Å². The number of nitrogens with two attached hydrogens (primary N) is 1. The van der Waals surface area contributed by atoms with Gasteiger partial charge >= 0.3 is 0 Å². The van der Waals surface area contributed by atoms with E-state index < -0.39 is 8.32 Å². The molecule has 0 saturated carbocycles. The van der Waals surface area contributed by atoms with Crippen LogP contribution < -0.4 is 5.73 Å². The zero-order valence-corrected chi connectivity index (χ0v) is 12.0. The zero-order chi connectivity index (χ0) is 12.4. The summed E-state index contributed by atoms with van der Waals surface area (Å²) in [6.45, 7) is 12.0. The fourth-order valence-electron chi connectivity index (χ4n) is 1.09. The van der Waals surface area contributed by atoms with Crippen LogP contribution in [0.2, 0.25) is 18.1 Å². The van der Waals surface area contributed by atoms with E-state index in [0.29, 0.717) is 6.61 Å². The molecular formula is C13H23NOSi. The second-order valence-electron chi connectivity index (χ2n) is 5.79. The van der Waals surface area contributed by atoms with Gasteiger partial charge in [0.15, 0.2) is 8.32 Å². The third-order valence-corrected chi connectivity index (χ3v) is 7.86. The van der Waals surface area contributed by atoms with E-state index in [1.165, 1.54) is 5.56 Å². The molecule has 0 atom stereocenters. The summed E-state index contributed by atoms with van der Waals surface area (Å²) < 4.78 is 6.12. The lowest BCUT2D eigenvalue weighted by molar-refractivity contribution is 0.276. The van der Waals surface area contributed by atoms with E-state index >= 15 is 0 Å². The summed E-state index contributed by atoms with van der Waals surface area (Å²) in [7, 11) is -1.63. The van der Waals surface area contributed by atoms with Crippen LogP contribution in [0.3, 0.4) is 0 Å². The van der Waals surface area contributed by atoms with Gasteiger partial charge in [-0.3, -0.25) is 0 Å². The van der Waals surface area contributed by atoms with Gasteiger partial charge in [-0.05, 0) is 35.8 Å². The van der Waals surface area contributed by atoms with Crippen molar-refractivity contribution in [3.05, 3.63) is 29.8 Å². The molecule has 1 aromatic carbocycles. The minimum atomic E-state index is -1.63. The Balaban J connectivity index is 2.61. The van der Waals surface area contributed by atoms with Crippen LogP contribution in [0.25, 0.3) is 0 Å². The average Bonchev–Trinajstić information content (AvgIpc) is 2.15. The first-order chi connectivity index (χ1) is 7.22. The molecule has 1 aromatic rings. The maximum absolute atomic E-state index is 6.12. The van der Waals surface area contributed by atoms with Crippen molar-refractivity contribution in [1.82, 2.24) is 0 Å². The molecule has 0 aliphatic carbocycles. The Morgan fingerprint density at radius 2 is 1.62 bits per heavy atom. The van der Waals surface area contributed by atoms with E-state index in [1.807, 2.05) is 24.3 Å². The Labute approximate surface area is 99.9 Å². The average molecular weight is 237 g/mol. The summed E-state index contributed by atoms with van der Waals surface area (Å²) >= 11 is 0. The SMILES string of the molecule is CC(C)(C)[Si](C)(C)OCc1ccc(N)cc1. The van der Waals surface area contributed by atoms with Gasteiger partial charge in [0, 0.05) is 5.69 Å². The molecule has 0 heterocycles. The lowest BCUT2D eigenvalue weighted by atomic mass is 10.2. The molecule has 3 heteroatoms. The van der Waals surface area contributed by atoms with Gasteiger partial charge in [0.05, 0.1) is 6.61 Å². The molecule has 2 nitrogen and oxygen atoms in total. The Kier molecular flexibility index (Phi) is 3.81. The van der Waals surface area contributed by atoms with Gasteiger partial charge in [-0.1, -0.05) is 32.9 Å². The maximum Gasteiger partial charge on any atom is 0.192 e. The number of rotatable bonds is 3. The Morgan fingerprint density at radius 3 is 2.06 bits per heavy atom. The fraction of sp³-hybridized carbons (Fsp3) is 0.538. The molecule has 0 saturated heterocycles. The highest BCUT2D eigenvalue weighted by molar-refractivity contribution is 6.74. The molecule has 0 aromatic heterocycles. The van der Waals surface area contributed by atoms with Gasteiger partial charge in [-0.15, -0.1) is 0 Å². The molecule has 90 valence electrons. The molecule has 0 bridgehead atoms. The summed E-state index contributed by atoms with van der Waals surface area (Å²) in [4.78, 5) is 0. The lowest BCUT2D eigenvalue weighted by Gasteiger charge is -2.36. The van der Waals surface area contributed by atoms with Crippen molar-refractivity contribution < 1.29 is 4.43 Å². The lowest BCUT2D eigenvalue weighted by Crippen LogP contribution is -2.40. The molecule has 0 unspecified atom stereocenters. The smallest absolute Gasteiger partial charge is 0.192 e. The van der Waals surface area contributed by atoms with Crippen LogP contribution in [-0.2, 0) is 11.0 Å². The second-order valence-corrected chi connectivity index (χ2v) is 10.6. The van der Waals surface area contributed by atoms with Crippen LogP contribution in [0.4, 0.5) is 5.69 Å². The topological polar surface area (TPSA) is 35.2 Å². The third-order valence-electron chi connectivity index (χ3n) is 3.39. The second kappa shape index (κ2) is 4.59. The molecule has 0 spiro atoms. The van der Waals surface area contributed by atoms with E-state index in [1.54, 1.807) is 0 Å². The molecular weight excluding hydrogens is 214 g/mol. The highest BCUT2D eigenvalue weighted by atomic mass is 28.4. The summed E-state index contributed by atoms with van der Waals surface area (Å²) in [5.41, 5.74) is 7.64. The molecule has 16 heavy (non-hydrogen) atoms. The highest BCUT2D eigenvalue weighted by Crippen LogP contribution is 2.37. The van der Waals surface area contributed by atoms with Gasteiger partial charge in [0.25, 0.3) is 0 Å². The predicted molar refractivity (Wildman–Crippen MR) is 72.8 cm³/mol. The van der Waals surface area contributed by atoms with Crippen LogP contribution in [0, 0.1) is 0 Å². The van der Waals surface area contributed by atoms with Crippen molar-refractivity contribution in [2.75, 3.05) is 5.73 Å². The number of benzene rings is 1. The largest absolute Gasteiger partial charge is 0.413 e. The predicted octanol–water partition coefficient (Wildman–Crippen LogP) is 3.79. The quantitative estimate of drug-likeness (QED) is 0.641. The van der Waals surface area contributed by atoms with Crippen LogP contribution in [0.1, 0.15) is 26.3 Å². The minimum absolute atomic E-state index is 0.265. The standard InChI is InChI=1S/C13H23NOSi/c1-13(2,3)16(4,5)15-10-11-6-8-12(14)9-7-11/h6-9H,10,14H2,1-5H3. The number of nitrogen functional groups attached to an aromatic ring is 1. The summed E-state index contributed by atoms with van der Waals surface area (Å²) in [6.07, 6.45) is 0. The van der Waals surface area contributed by atoms with E-state index in [0.717, 1.165) is 5.69 Å². The summed E-state index contributed by atoms with van der Waals surface area (Å²) in [6, 6.07) is 7.90. The monoisotopic (exact) mass is 237 g/mol. The van der Waals surface area contributed by atoms with E-state index in [2.05, 4.69) is 33.9 Å². The number of hydrogen-bond acceptors (Lipinski definition) is 2. The van der Waals surface area contributed by atoms with Gasteiger partial charge in [-0.25, -0.2) is 0 Å². The molecule has 0 aliphatic heterocycles. The fourth-order valence-corrected chi connectivity index (χ4v) is 2.05. The van der Waals surface area contributed by atoms with Gasteiger partial charge < -0.3 is 10.2 Å². The molecule has 0 aliphatic rings. The van der Waals surface area contributed by atoms with Crippen LogP contribution in [0.5, 0.6) is 0 Å². The van der Waals surface area contributed by atoms with E-state index in [9.17, 15) is 0 Å². The molecule has 2 N–H and O–H groups in total. The first-order valence-electron chi connectivity index (χ1n) is 5.71. The van der Waals surface area contributed by atoms with Crippen molar-refractivity contribution in [3.63, 3.8) is 0 Å². The molecule has 0 amide bonds. The van der Waals surface area contributed by atoms with Crippen LogP contribution >= 0.6 is 0 Å². The third kappa shape index (κ3) is 3.35. The summed E-state index contributed by atoms with van der Waals surface area (Å²) in [5.74, 6) is 0. The van der Waals surface area contributed by atoms with E-state index in [4.69, 9.17) is 10.2 Å². The van der Waals surface area contributed by atoms with Crippen LogP contribution in [0.15, 0.2) is 24.3 Å². The van der Waals surface area contributed by atoms with Crippen molar-refractivity contribution in [3.8, 4) is 0 Å². The van der Waals surface area contributed by atoms with Crippen molar-refractivity contribution in [1.29, 1.82) is 0 Å². The Hall–Kier alpha value is -0.803. The first-order valence-corrected chi connectivity index (χ1v) is 8.61. The number of hydrogen-bond donors (Lipinski definition) is 1. The first kappa shape index (κ1) is 13.3. The van der Waals surface area contributed by atoms with Gasteiger partial charge in [0.2, 0.25) is 0 Å².